The maximum Gasteiger partial charge on any atom is 0.200 e. The summed E-state index contributed by atoms with van der Waals surface area (Å²) in [6, 6.07) is 10.3. The Balaban J connectivity index is 1.68. The molecule has 3 aliphatic carbocycles. The minimum atomic E-state index is -1.92. The molecule has 0 amide bonds. The van der Waals surface area contributed by atoms with Crippen molar-refractivity contribution < 1.29 is 14.3 Å². The Morgan fingerprint density at radius 3 is 2.08 bits per heavy atom. The maximum absolute atomic E-state index is 12.0. The Hall–Kier alpha value is -1.20. The first-order chi connectivity index (χ1) is 18.3. The predicted molar refractivity (Wildman–Crippen MR) is 168 cm³/mol. The highest BCUT2D eigenvalue weighted by Gasteiger charge is 2.56. The Bertz CT molecular complexity index is 930. The van der Waals surface area contributed by atoms with E-state index in [-0.39, 0.29) is 11.3 Å². The molecule has 1 saturated carbocycles. The van der Waals surface area contributed by atoms with Crippen molar-refractivity contribution in [3.63, 3.8) is 0 Å². The van der Waals surface area contributed by atoms with Crippen LogP contribution in [0.3, 0.4) is 0 Å². The molecule has 0 aromatic heterocycles. The van der Waals surface area contributed by atoms with Gasteiger partial charge in [-0.15, -0.1) is 0 Å². The van der Waals surface area contributed by atoms with Gasteiger partial charge in [0.05, 0.1) is 18.8 Å². The molecule has 0 heterocycles. The van der Waals surface area contributed by atoms with Crippen molar-refractivity contribution in [2.24, 2.45) is 35.0 Å². The van der Waals surface area contributed by atoms with Gasteiger partial charge in [0.2, 0.25) is 0 Å². The van der Waals surface area contributed by atoms with E-state index in [9.17, 15) is 5.11 Å². The predicted octanol–water partition coefficient (Wildman–Crippen LogP) is 9.19. The van der Waals surface area contributed by atoms with Gasteiger partial charge < -0.3 is 14.3 Å². The van der Waals surface area contributed by atoms with Crippen LogP contribution in [0.2, 0.25) is 16.6 Å². The standard InChI is InChI=1S/C35H58O3Si/c1-25(2)33(24-38-39(26(3)4,27(5)6)28(7)8)32-21-34(10)18-17-31(32)20-35(34,36)19-16-29(9)22-37-23-30-14-12-11-13-15-30/h11-19,25-29,31-33,36H,20-24H2,1-10H3/b19-16+/t29-,31-,32+,33-,34+,35+/m0/s1. The highest BCUT2D eigenvalue weighted by Crippen LogP contribution is 2.58. The molecule has 0 saturated heterocycles. The van der Waals surface area contributed by atoms with Gasteiger partial charge in [0.25, 0.3) is 0 Å². The monoisotopic (exact) mass is 554 g/mol. The number of aliphatic hydroxyl groups is 1. The molecule has 3 aliphatic rings. The van der Waals surface area contributed by atoms with Gasteiger partial charge in [-0.1, -0.05) is 124 Å². The summed E-state index contributed by atoms with van der Waals surface area (Å²) in [5.41, 5.74) is 1.91. The van der Waals surface area contributed by atoms with Crippen LogP contribution >= 0.6 is 0 Å². The fraction of sp³-hybridized carbons (Fsp3) is 0.714. The van der Waals surface area contributed by atoms with Crippen LogP contribution in [0.25, 0.3) is 0 Å². The molecule has 0 spiro atoms. The van der Waals surface area contributed by atoms with Gasteiger partial charge in [0.15, 0.2) is 8.32 Å². The van der Waals surface area contributed by atoms with Crippen molar-refractivity contribution in [3.05, 3.63) is 60.2 Å². The molecular formula is C35H58O3Si. The van der Waals surface area contributed by atoms with Gasteiger partial charge in [-0.3, -0.25) is 0 Å². The third-order valence-corrected chi connectivity index (χ3v) is 16.4. The molecule has 0 radical (unpaired) electrons. The highest BCUT2D eigenvalue weighted by atomic mass is 28.4. The second kappa shape index (κ2) is 13.2. The van der Waals surface area contributed by atoms with E-state index in [1.165, 1.54) is 5.56 Å². The van der Waals surface area contributed by atoms with Crippen LogP contribution in [-0.4, -0.2) is 32.2 Å². The fourth-order valence-electron chi connectivity index (χ4n) is 7.91. The van der Waals surface area contributed by atoms with Crippen LogP contribution < -0.4 is 0 Å². The van der Waals surface area contributed by atoms with Crippen molar-refractivity contribution >= 4 is 8.32 Å². The summed E-state index contributed by atoms with van der Waals surface area (Å²) in [6.45, 7) is 25.6. The summed E-state index contributed by atoms with van der Waals surface area (Å²) in [5, 5.41) is 12.0. The van der Waals surface area contributed by atoms with Crippen LogP contribution in [0.1, 0.15) is 87.6 Å². The summed E-state index contributed by atoms with van der Waals surface area (Å²) >= 11 is 0. The van der Waals surface area contributed by atoms with E-state index < -0.39 is 13.9 Å². The van der Waals surface area contributed by atoms with E-state index in [1.807, 2.05) is 18.2 Å². The Labute approximate surface area is 241 Å². The third kappa shape index (κ3) is 7.00. The van der Waals surface area contributed by atoms with Crippen LogP contribution in [0.15, 0.2) is 54.6 Å². The van der Waals surface area contributed by atoms with Crippen LogP contribution in [0, 0.1) is 35.0 Å². The first-order valence-corrected chi connectivity index (χ1v) is 17.8. The fourth-order valence-corrected chi connectivity index (χ4v) is 13.4. The smallest absolute Gasteiger partial charge is 0.200 e. The van der Waals surface area contributed by atoms with Crippen molar-refractivity contribution in [1.29, 1.82) is 0 Å². The number of allylic oxidation sites excluding steroid dienone is 1. The maximum atomic E-state index is 12.0. The van der Waals surface area contributed by atoms with E-state index in [0.29, 0.717) is 53.5 Å². The lowest BCUT2D eigenvalue weighted by molar-refractivity contribution is -0.0996. The molecule has 0 aliphatic heterocycles. The Kier molecular flexibility index (Phi) is 10.9. The van der Waals surface area contributed by atoms with Crippen molar-refractivity contribution in [2.45, 2.75) is 111 Å². The van der Waals surface area contributed by atoms with E-state index in [2.05, 4.69) is 106 Å². The van der Waals surface area contributed by atoms with Gasteiger partial charge in [-0.05, 0) is 64.6 Å². The number of fused-ring (bicyclic) bond motifs is 2. The second-order valence-corrected chi connectivity index (χ2v) is 19.8. The molecule has 1 aromatic rings. The zero-order chi connectivity index (χ0) is 29.0. The summed E-state index contributed by atoms with van der Waals surface area (Å²) in [4.78, 5) is 0. The quantitative estimate of drug-likeness (QED) is 0.184. The summed E-state index contributed by atoms with van der Waals surface area (Å²) in [6.07, 6.45) is 10.8. The van der Waals surface area contributed by atoms with Crippen molar-refractivity contribution in [2.75, 3.05) is 13.2 Å². The van der Waals surface area contributed by atoms with E-state index in [0.717, 1.165) is 19.4 Å². The molecule has 0 unspecified atom stereocenters. The van der Waals surface area contributed by atoms with E-state index in [4.69, 9.17) is 9.16 Å². The number of rotatable bonds is 14. The lowest BCUT2D eigenvalue weighted by Gasteiger charge is -2.57. The van der Waals surface area contributed by atoms with Crippen LogP contribution in [-0.2, 0) is 15.8 Å². The zero-order valence-electron chi connectivity index (χ0n) is 26.6. The molecule has 3 nitrogen and oxygen atoms in total. The SMILES string of the molecule is CC(C)[C@H](CO[Si](C(C)C)(C(C)C)C(C)C)[C@@H]1C[C@@]2(C)C=C[C@H]1C[C@]2(O)/C=C/[C@H](C)COCc1ccccc1. The van der Waals surface area contributed by atoms with Gasteiger partial charge in [0, 0.05) is 12.0 Å². The molecule has 4 rings (SSSR count). The summed E-state index contributed by atoms with van der Waals surface area (Å²) < 4.78 is 13.1. The third-order valence-electron chi connectivity index (χ3n) is 10.3. The lowest BCUT2D eigenvalue weighted by Crippen LogP contribution is -2.56. The molecule has 4 heteroatoms. The van der Waals surface area contributed by atoms with Crippen LogP contribution in [0.4, 0.5) is 0 Å². The number of hydrogen-bond donors (Lipinski definition) is 1. The second-order valence-electron chi connectivity index (χ2n) is 14.3. The first kappa shape index (κ1) is 32.3. The molecular weight excluding hydrogens is 496 g/mol. The normalized spacial score (nSPS) is 28.9. The van der Waals surface area contributed by atoms with Crippen molar-refractivity contribution in [1.82, 2.24) is 0 Å². The first-order valence-electron chi connectivity index (χ1n) is 15.6. The summed E-state index contributed by atoms with van der Waals surface area (Å²) in [7, 11) is -1.92. The Morgan fingerprint density at radius 2 is 1.54 bits per heavy atom. The molecule has 39 heavy (non-hydrogen) atoms. The molecule has 1 fully saturated rings. The minimum Gasteiger partial charge on any atom is -0.416 e. The molecule has 220 valence electrons. The topological polar surface area (TPSA) is 38.7 Å². The Morgan fingerprint density at radius 1 is 0.923 bits per heavy atom. The number of ether oxygens (including phenoxy) is 1. The van der Waals surface area contributed by atoms with E-state index >= 15 is 0 Å². The van der Waals surface area contributed by atoms with Crippen LogP contribution in [0.5, 0.6) is 0 Å². The highest BCUT2D eigenvalue weighted by molar-refractivity contribution is 6.77. The van der Waals surface area contributed by atoms with Crippen molar-refractivity contribution in [3.8, 4) is 0 Å². The van der Waals surface area contributed by atoms with Gasteiger partial charge in [0.1, 0.15) is 0 Å². The average Bonchev–Trinajstić information content (AvgIpc) is 2.86. The van der Waals surface area contributed by atoms with Gasteiger partial charge in [-0.25, -0.2) is 0 Å². The number of benzene rings is 1. The van der Waals surface area contributed by atoms with Gasteiger partial charge in [-0.2, -0.15) is 0 Å². The molecule has 1 aromatic carbocycles. The largest absolute Gasteiger partial charge is 0.416 e. The lowest BCUT2D eigenvalue weighted by atomic mass is 9.51. The summed E-state index contributed by atoms with van der Waals surface area (Å²) in [5.74, 6) is 2.23. The molecule has 1 N–H and O–H groups in total. The van der Waals surface area contributed by atoms with Gasteiger partial charge >= 0.3 is 0 Å². The van der Waals surface area contributed by atoms with E-state index in [1.54, 1.807) is 0 Å². The average molecular weight is 555 g/mol. The molecule has 6 atom stereocenters. The zero-order valence-corrected chi connectivity index (χ0v) is 27.6. The number of hydrogen-bond acceptors (Lipinski definition) is 3. The minimum absolute atomic E-state index is 0.250. The molecule has 2 bridgehead atoms.